The van der Waals surface area contributed by atoms with Gasteiger partial charge in [-0.05, 0) is 47.2 Å². The highest BCUT2D eigenvalue weighted by molar-refractivity contribution is 14.1. The Morgan fingerprint density at radius 2 is 1.94 bits per heavy atom. The third kappa shape index (κ3) is 1.82. The second kappa shape index (κ2) is 3.89. The fourth-order valence-corrected chi connectivity index (χ4v) is 2.59. The van der Waals surface area contributed by atoms with E-state index in [-0.39, 0.29) is 5.43 Å². The molecule has 0 aliphatic rings. The van der Waals surface area contributed by atoms with Crippen LogP contribution in [0.5, 0.6) is 5.75 Å². The first-order valence-corrected chi connectivity index (χ1v) is 5.63. The van der Waals surface area contributed by atoms with Crippen molar-refractivity contribution in [2.75, 3.05) is 0 Å². The lowest BCUT2D eigenvalue weighted by molar-refractivity contribution is 0.468. The highest BCUT2D eigenvalue weighted by Gasteiger charge is 2.06. The van der Waals surface area contributed by atoms with Crippen molar-refractivity contribution >= 4 is 33.5 Å². The molecular weight excluding hydrogens is 321 g/mol. The molecule has 16 heavy (non-hydrogen) atoms. The number of rotatable bonds is 0. The van der Waals surface area contributed by atoms with Crippen molar-refractivity contribution in [2.24, 2.45) is 0 Å². The Morgan fingerprint density at radius 3 is 2.62 bits per heavy atom. The number of nitrogens with one attached hydrogen (secondary N) is 1. The van der Waals surface area contributed by atoms with Gasteiger partial charge >= 0.3 is 0 Å². The van der Waals surface area contributed by atoms with Gasteiger partial charge in [0.2, 0.25) is 0 Å². The largest absolute Gasteiger partial charge is 0.503 e. The number of hydrogen-bond donors (Lipinski definition) is 2. The number of aromatic hydroxyl groups is 1. The summed E-state index contributed by atoms with van der Waals surface area (Å²) < 4.78 is 0.754. The minimum Gasteiger partial charge on any atom is -0.503 e. The summed E-state index contributed by atoms with van der Waals surface area (Å²) in [4.78, 5) is 25.6. The molecule has 4 nitrogen and oxygen atoms in total. The average molecular weight is 329 g/mol. The van der Waals surface area contributed by atoms with Crippen molar-refractivity contribution in [3.8, 4) is 5.75 Å². The molecule has 2 aromatic rings. The molecule has 82 valence electrons. The van der Waals surface area contributed by atoms with Gasteiger partial charge in [0.15, 0.2) is 11.2 Å². The number of aromatic nitrogens is 1. The summed E-state index contributed by atoms with van der Waals surface area (Å²) in [7, 11) is 0. The van der Waals surface area contributed by atoms with Crippen molar-refractivity contribution in [3.63, 3.8) is 0 Å². The van der Waals surface area contributed by atoms with Gasteiger partial charge in [0.05, 0.1) is 10.9 Å². The smallest absolute Gasteiger partial charge is 0.290 e. The zero-order valence-electron chi connectivity index (χ0n) is 8.37. The van der Waals surface area contributed by atoms with Gasteiger partial charge < -0.3 is 10.1 Å². The molecule has 0 amide bonds. The SMILES string of the molecule is Cc1cc(I)c2c(=O)cc(O)c(=O)[nH]c2c1. The minimum absolute atomic E-state index is 0.366. The van der Waals surface area contributed by atoms with Crippen molar-refractivity contribution in [3.05, 3.63) is 47.9 Å². The lowest BCUT2D eigenvalue weighted by Gasteiger charge is -1.97. The molecule has 2 N–H and O–H groups in total. The Bertz CT molecular complexity index is 691. The lowest BCUT2D eigenvalue weighted by atomic mass is 10.2. The highest BCUT2D eigenvalue weighted by atomic mass is 127. The Hall–Kier alpha value is -1.37. The van der Waals surface area contributed by atoms with E-state index in [1.54, 1.807) is 6.07 Å². The van der Waals surface area contributed by atoms with Gasteiger partial charge in [-0.2, -0.15) is 0 Å². The van der Waals surface area contributed by atoms with Crippen LogP contribution in [0.2, 0.25) is 0 Å². The first-order valence-electron chi connectivity index (χ1n) is 4.55. The summed E-state index contributed by atoms with van der Waals surface area (Å²) >= 11 is 2.03. The standard InChI is InChI=1S/C11H8INO3/c1-5-2-6(12)10-7(3-5)13-11(16)9(15)4-8(10)14/h2-4,15H,1H3,(H,13,16). The third-order valence-electron chi connectivity index (χ3n) is 2.23. The summed E-state index contributed by atoms with van der Waals surface area (Å²) in [5.74, 6) is -0.561. The molecule has 1 heterocycles. The molecule has 0 fully saturated rings. The second-order valence-electron chi connectivity index (χ2n) is 3.52. The Labute approximate surface area is 104 Å². The number of halogens is 1. The molecule has 0 saturated heterocycles. The van der Waals surface area contributed by atoms with E-state index >= 15 is 0 Å². The van der Waals surface area contributed by atoms with Crippen LogP contribution in [0.4, 0.5) is 0 Å². The summed E-state index contributed by atoms with van der Waals surface area (Å²) in [6.45, 7) is 1.87. The number of benzene rings is 1. The molecule has 1 aromatic carbocycles. The normalized spacial score (nSPS) is 10.6. The molecule has 0 spiro atoms. The summed E-state index contributed by atoms with van der Waals surface area (Å²) in [5.41, 5.74) is 0.362. The van der Waals surface area contributed by atoms with Crippen LogP contribution < -0.4 is 11.0 Å². The molecule has 0 saturated carbocycles. The second-order valence-corrected chi connectivity index (χ2v) is 4.68. The topological polar surface area (TPSA) is 70.2 Å². The maximum Gasteiger partial charge on any atom is 0.290 e. The maximum atomic E-state index is 11.8. The molecular formula is C11H8INO3. The molecule has 0 atom stereocenters. The van der Waals surface area contributed by atoms with Crippen LogP contribution in [-0.4, -0.2) is 10.1 Å². The molecule has 5 heteroatoms. The summed E-state index contributed by atoms with van der Waals surface area (Å²) in [5, 5.41) is 9.71. The van der Waals surface area contributed by atoms with Gasteiger partial charge in [0.1, 0.15) is 0 Å². The monoisotopic (exact) mass is 329 g/mol. The van der Waals surface area contributed by atoms with E-state index < -0.39 is 11.3 Å². The maximum absolute atomic E-state index is 11.8. The predicted molar refractivity (Wildman–Crippen MR) is 70.0 cm³/mol. The van der Waals surface area contributed by atoms with Gasteiger partial charge in [0, 0.05) is 9.64 Å². The van der Waals surface area contributed by atoms with Crippen molar-refractivity contribution in [1.82, 2.24) is 4.98 Å². The molecule has 0 unspecified atom stereocenters. The van der Waals surface area contributed by atoms with E-state index in [9.17, 15) is 14.7 Å². The molecule has 0 aliphatic carbocycles. The fourth-order valence-electron chi connectivity index (χ4n) is 1.54. The van der Waals surface area contributed by atoms with E-state index in [1.165, 1.54) is 0 Å². The number of aryl methyl sites for hydroxylation is 1. The zero-order valence-corrected chi connectivity index (χ0v) is 10.5. The van der Waals surface area contributed by atoms with E-state index in [0.717, 1.165) is 15.2 Å². The predicted octanol–water partition coefficient (Wildman–Crippen LogP) is 1.51. The van der Waals surface area contributed by atoms with Crippen LogP contribution in [0.25, 0.3) is 10.9 Å². The van der Waals surface area contributed by atoms with Crippen LogP contribution >= 0.6 is 22.6 Å². The number of fused-ring (bicyclic) bond motifs is 1. The van der Waals surface area contributed by atoms with Crippen LogP contribution in [0.3, 0.4) is 0 Å². The van der Waals surface area contributed by atoms with E-state index in [1.807, 2.05) is 35.6 Å². The van der Waals surface area contributed by atoms with Crippen LogP contribution in [0, 0.1) is 10.5 Å². The van der Waals surface area contributed by atoms with Crippen molar-refractivity contribution in [1.29, 1.82) is 0 Å². The van der Waals surface area contributed by atoms with Gasteiger partial charge in [-0.25, -0.2) is 0 Å². The zero-order chi connectivity index (χ0) is 11.9. The van der Waals surface area contributed by atoms with Crippen LogP contribution in [0.1, 0.15) is 5.56 Å². The summed E-state index contributed by atoms with van der Waals surface area (Å²) in [6.07, 6.45) is 0. The van der Waals surface area contributed by atoms with Crippen LogP contribution in [-0.2, 0) is 0 Å². The number of hydrogen-bond acceptors (Lipinski definition) is 3. The number of H-pyrrole nitrogens is 1. The van der Waals surface area contributed by atoms with Gasteiger partial charge in [-0.15, -0.1) is 0 Å². The fraction of sp³-hybridized carbons (Fsp3) is 0.0909. The first kappa shape index (κ1) is 11.1. The Morgan fingerprint density at radius 1 is 1.25 bits per heavy atom. The van der Waals surface area contributed by atoms with Gasteiger partial charge in [0.25, 0.3) is 5.56 Å². The lowest BCUT2D eigenvalue weighted by Crippen LogP contribution is -2.00. The van der Waals surface area contributed by atoms with Gasteiger partial charge in [-0.1, -0.05) is 0 Å². The quantitative estimate of drug-likeness (QED) is 0.720. The average Bonchev–Trinajstić information content (AvgIpc) is 2.24. The molecule has 0 radical (unpaired) electrons. The third-order valence-corrected chi connectivity index (χ3v) is 3.08. The minimum atomic E-state index is -0.659. The van der Waals surface area contributed by atoms with Crippen molar-refractivity contribution in [2.45, 2.75) is 6.92 Å². The first-order chi connectivity index (χ1) is 7.49. The van der Waals surface area contributed by atoms with E-state index in [4.69, 9.17) is 0 Å². The van der Waals surface area contributed by atoms with Crippen molar-refractivity contribution < 1.29 is 5.11 Å². The molecule has 1 aromatic heterocycles. The Balaban J connectivity index is 3.16. The Kier molecular flexibility index (Phi) is 2.71. The van der Waals surface area contributed by atoms with E-state index in [2.05, 4.69) is 4.98 Å². The van der Waals surface area contributed by atoms with Gasteiger partial charge in [-0.3, -0.25) is 9.59 Å². The highest BCUT2D eigenvalue weighted by Crippen LogP contribution is 2.17. The summed E-state index contributed by atoms with van der Waals surface area (Å²) in [6, 6.07) is 4.50. The van der Waals surface area contributed by atoms with Crippen LogP contribution in [0.15, 0.2) is 27.8 Å². The molecule has 0 aliphatic heterocycles. The van der Waals surface area contributed by atoms with E-state index in [0.29, 0.717) is 10.9 Å². The molecule has 0 bridgehead atoms. The molecule has 2 rings (SSSR count). The number of aromatic amines is 1.